The summed E-state index contributed by atoms with van der Waals surface area (Å²) in [7, 11) is 1.71. The molecule has 0 unspecified atom stereocenters. The average Bonchev–Trinajstić information content (AvgIpc) is 2.16. The van der Waals surface area contributed by atoms with Gasteiger partial charge in [-0.1, -0.05) is 22.0 Å². The fourth-order valence-corrected chi connectivity index (χ4v) is 1.98. The zero-order valence-electron chi connectivity index (χ0n) is 7.42. The number of hydrogen-bond acceptors (Lipinski definition) is 2. The molecule has 0 radical (unpaired) electrons. The Hall–Kier alpha value is -0.380. The van der Waals surface area contributed by atoms with Crippen LogP contribution in [-0.2, 0) is 16.1 Å². The lowest BCUT2D eigenvalue weighted by Gasteiger charge is -2.24. The predicted octanol–water partition coefficient (Wildman–Crippen LogP) is 2.67. The number of halogens is 1. The Morgan fingerprint density at radius 3 is 3.15 bits per heavy atom. The van der Waals surface area contributed by atoms with Crippen molar-refractivity contribution >= 4 is 15.9 Å². The van der Waals surface area contributed by atoms with Crippen LogP contribution < -0.4 is 0 Å². The third kappa shape index (κ3) is 1.77. The highest BCUT2D eigenvalue weighted by atomic mass is 79.9. The normalized spacial score (nSPS) is 21.2. The molecule has 1 aromatic rings. The Balaban J connectivity index is 2.40. The molecule has 1 aliphatic rings. The number of rotatable bonds is 1. The molecule has 0 fully saturated rings. The van der Waals surface area contributed by atoms with E-state index in [1.165, 1.54) is 11.1 Å². The summed E-state index contributed by atoms with van der Waals surface area (Å²) in [5, 5.41) is 0. The van der Waals surface area contributed by atoms with Crippen LogP contribution in [0.5, 0.6) is 0 Å². The highest BCUT2D eigenvalue weighted by Crippen LogP contribution is 2.29. The van der Waals surface area contributed by atoms with Crippen molar-refractivity contribution in [2.24, 2.45) is 0 Å². The third-order valence-electron chi connectivity index (χ3n) is 2.26. The Morgan fingerprint density at radius 2 is 2.38 bits per heavy atom. The largest absolute Gasteiger partial charge is 0.374 e. The summed E-state index contributed by atoms with van der Waals surface area (Å²) in [6, 6.07) is 6.22. The maximum Gasteiger partial charge on any atom is 0.106 e. The summed E-state index contributed by atoms with van der Waals surface area (Å²) in [5.41, 5.74) is 2.46. The van der Waals surface area contributed by atoms with Gasteiger partial charge < -0.3 is 9.47 Å². The molecule has 0 saturated carbocycles. The molecule has 0 spiro atoms. The van der Waals surface area contributed by atoms with E-state index in [0.717, 1.165) is 4.47 Å². The summed E-state index contributed by atoms with van der Waals surface area (Å²) >= 11 is 3.44. The quantitative estimate of drug-likeness (QED) is 0.754. The molecule has 0 saturated heterocycles. The lowest BCUT2D eigenvalue weighted by Crippen LogP contribution is -2.17. The summed E-state index contributed by atoms with van der Waals surface area (Å²) in [4.78, 5) is 0. The zero-order valence-corrected chi connectivity index (χ0v) is 9.00. The fraction of sp³-hybridized carbons (Fsp3) is 0.400. The average molecular weight is 243 g/mol. The fourth-order valence-electron chi connectivity index (χ4n) is 1.57. The van der Waals surface area contributed by atoms with Crippen molar-refractivity contribution in [3.63, 3.8) is 0 Å². The first-order valence-corrected chi connectivity index (χ1v) is 4.99. The summed E-state index contributed by atoms with van der Waals surface area (Å²) < 4.78 is 11.8. The van der Waals surface area contributed by atoms with Gasteiger partial charge in [0.25, 0.3) is 0 Å². The van der Waals surface area contributed by atoms with E-state index in [0.29, 0.717) is 13.2 Å². The van der Waals surface area contributed by atoms with E-state index in [1.54, 1.807) is 7.11 Å². The van der Waals surface area contributed by atoms with Crippen molar-refractivity contribution in [3.05, 3.63) is 33.8 Å². The Bertz CT molecular complexity index is 312. The Labute approximate surface area is 86.0 Å². The van der Waals surface area contributed by atoms with Gasteiger partial charge in [0.2, 0.25) is 0 Å². The molecule has 1 heterocycles. The standard InChI is InChI=1S/C10H11BrO2/c1-12-10-6-13-5-7-4-8(11)2-3-9(7)10/h2-4,10H,5-6H2,1H3/t10-/m0/s1. The van der Waals surface area contributed by atoms with Crippen molar-refractivity contribution in [2.75, 3.05) is 13.7 Å². The lowest BCUT2D eigenvalue weighted by atomic mass is 10.0. The molecule has 0 amide bonds. The molecular weight excluding hydrogens is 232 g/mol. The van der Waals surface area contributed by atoms with Crippen LogP contribution in [0.15, 0.2) is 22.7 Å². The van der Waals surface area contributed by atoms with E-state index < -0.39 is 0 Å². The van der Waals surface area contributed by atoms with Crippen molar-refractivity contribution in [2.45, 2.75) is 12.7 Å². The molecule has 0 aliphatic carbocycles. The van der Waals surface area contributed by atoms with E-state index in [2.05, 4.69) is 28.1 Å². The van der Waals surface area contributed by atoms with Crippen LogP contribution in [-0.4, -0.2) is 13.7 Å². The second-order valence-electron chi connectivity index (χ2n) is 3.08. The minimum atomic E-state index is 0.0943. The van der Waals surface area contributed by atoms with Gasteiger partial charge in [-0.3, -0.25) is 0 Å². The van der Waals surface area contributed by atoms with E-state index in [1.807, 2.05) is 6.07 Å². The molecule has 1 aromatic carbocycles. The van der Waals surface area contributed by atoms with Crippen LogP contribution >= 0.6 is 15.9 Å². The molecule has 0 aromatic heterocycles. The van der Waals surface area contributed by atoms with Crippen LogP contribution in [0.4, 0.5) is 0 Å². The Morgan fingerprint density at radius 1 is 1.54 bits per heavy atom. The maximum atomic E-state index is 5.41. The summed E-state index contributed by atoms with van der Waals surface area (Å²) in [6.45, 7) is 1.35. The van der Waals surface area contributed by atoms with Crippen LogP contribution in [0.1, 0.15) is 17.2 Å². The second kappa shape index (κ2) is 3.78. The monoisotopic (exact) mass is 242 g/mol. The van der Waals surface area contributed by atoms with Gasteiger partial charge in [-0.2, -0.15) is 0 Å². The molecule has 3 heteroatoms. The van der Waals surface area contributed by atoms with E-state index in [-0.39, 0.29) is 6.10 Å². The number of fused-ring (bicyclic) bond motifs is 1. The second-order valence-corrected chi connectivity index (χ2v) is 4.00. The molecule has 1 atom stereocenters. The molecule has 1 aliphatic heterocycles. The van der Waals surface area contributed by atoms with Crippen molar-refractivity contribution < 1.29 is 9.47 Å². The zero-order chi connectivity index (χ0) is 9.26. The predicted molar refractivity (Wildman–Crippen MR) is 53.5 cm³/mol. The molecule has 0 bridgehead atoms. The lowest BCUT2D eigenvalue weighted by molar-refractivity contribution is -0.0153. The van der Waals surface area contributed by atoms with Gasteiger partial charge in [-0.25, -0.2) is 0 Å². The molecule has 2 nitrogen and oxygen atoms in total. The van der Waals surface area contributed by atoms with Crippen LogP contribution in [0.25, 0.3) is 0 Å². The molecular formula is C10H11BrO2. The van der Waals surface area contributed by atoms with Crippen LogP contribution in [0, 0.1) is 0 Å². The molecule has 2 rings (SSSR count). The minimum Gasteiger partial charge on any atom is -0.374 e. The smallest absolute Gasteiger partial charge is 0.106 e. The summed E-state index contributed by atoms with van der Waals surface area (Å²) in [6.07, 6.45) is 0.0943. The number of ether oxygens (including phenoxy) is 2. The van der Waals surface area contributed by atoms with Crippen molar-refractivity contribution in [1.29, 1.82) is 0 Å². The van der Waals surface area contributed by atoms with Gasteiger partial charge in [0, 0.05) is 11.6 Å². The van der Waals surface area contributed by atoms with Gasteiger partial charge in [0.15, 0.2) is 0 Å². The summed E-state index contributed by atoms with van der Waals surface area (Å²) in [5.74, 6) is 0. The topological polar surface area (TPSA) is 18.5 Å². The SMILES string of the molecule is CO[C@H]1COCc2cc(Br)ccc21. The minimum absolute atomic E-state index is 0.0943. The van der Waals surface area contributed by atoms with E-state index in [4.69, 9.17) is 9.47 Å². The van der Waals surface area contributed by atoms with Crippen LogP contribution in [0.3, 0.4) is 0 Å². The van der Waals surface area contributed by atoms with E-state index in [9.17, 15) is 0 Å². The van der Waals surface area contributed by atoms with Gasteiger partial charge >= 0.3 is 0 Å². The molecule has 13 heavy (non-hydrogen) atoms. The van der Waals surface area contributed by atoms with Crippen molar-refractivity contribution in [1.82, 2.24) is 0 Å². The number of methoxy groups -OCH3 is 1. The van der Waals surface area contributed by atoms with Gasteiger partial charge in [-0.15, -0.1) is 0 Å². The third-order valence-corrected chi connectivity index (χ3v) is 2.76. The molecule has 70 valence electrons. The first kappa shape index (κ1) is 9.19. The van der Waals surface area contributed by atoms with Gasteiger partial charge in [-0.05, 0) is 23.3 Å². The highest BCUT2D eigenvalue weighted by Gasteiger charge is 2.19. The van der Waals surface area contributed by atoms with E-state index >= 15 is 0 Å². The highest BCUT2D eigenvalue weighted by molar-refractivity contribution is 9.10. The number of hydrogen-bond donors (Lipinski definition) is 0. The van der Waals surface area contributed by atoms with Crippen molar-refractivity contribution in [3.8, 4) is 0 Å². The first-order chi connectivity index (χ1) is 6.31. The Kier molecular flexibility index (Phi) is 2.67. The van der Waals surface area contributed by atoms with Gasteiger partial charge in [0.1, 0.15) is 6.10 Å². The molecule has 0 N–H and O–H groups in total. The first-order valence-electron chi connectivity index (χ1n) is 4.20. The maximum absolute atomic E-state index is 5.41. The van der Waals surface area contributed by atoms with Crippen LogP contribution in [0.2, 0.25) is 0 Å². The van der Waals surface area contributed by atoms with Gasteiger partial charge in [0.05, 0.1) is 13.2 Å². The number of benzene rings is 1.